The average molecular weight is 262 g/mol. The van der Waals surface area contributed by atoms with Gasteiger partial charge in [-0.05, 0) is 23.3 Å². The second kappa shape index (κ2) is 8.13. The Balaban J connectivity index is 2.34. The lowest BCUT2D eigenvalue weighted by molar-refractivity contribution is 0.0429. The van der Waals surface area contributed by atoms with Crippen molar-refractivity contribution in [3.05, 3.63) is 48.6 Å². The second-order valence-electron chi connectivity index (χ2n) is 5.42. The van der Waals surface area contributed by atoms with Crippen molar-refractivity contribution in [2.24, 2.45) is 17.8 Å². The van der Waals surface area contributed by atoms with Crippen LogP contribution in [0, 0.1) is 17.8 Å². The SMILES string of the molecule is C=C[C@@H](O)[C@H](C)[C@H](C)[C@H](C)COCc1ccccc1. The van der Waals surface area contributed by atoms with Crippen LogP contribution in [-0.2, 0) is 11.3 Å². The minimum Gasteiger partial charge on any atom is -0.389 e. The molecule has 0 heterocycles. The van der Waals surface area contributed by atoms with Crippen LogP contribution in [-0.4, -0.2) is 17.8 Å². The summed E-state index contributed by atoms with van der Waals surface area (Å²) in [6, 6.07) is 10.2. The molecule has 1 N–H and O–H groups in total. The molecule has 0 radical (unpaired) electrons. The van der Waals surface area contributed by atoms with E-state index in [1.165, 1.54) is 5.56 Å². The maximum absolute atomic E-state index is 9.79. The highest BCUT2D eigenvalue weighted by molar-refractivity contribution is 5.13. The number of aliphatic hydroxyl groups excluding tert-OH is 1. The summed E-state index contributed by atoms with van der Waals surface area (Å²) in [6.45, 7) is 11.4. The van der Waals surface area contributed by atoms with Gasteiger partial charge in [0.15, 0.2) is 0 Å². The lowest BCUT2D eigenvalue weighted by Gasteiger charge is -2.28. The van der Waals surface area contributed by atoms with Gasteiger partial charge in [0, 0.05) is 6.61 Å². The van der Waals surface area contributed by atoms with Crippen LogP contribution in [0.15, 0.2) is 43.0 Å². The number of rotatable bonds is 8. The molecule has 0 saturated carbocycles. The number of benzene rings is 1. The summed E-state index contributed by atoms with van der Waals surface area (Å²) in [4.78, 5) is 0. The summed E-state index contributed by atoms with van der Waals surface area (Å²) in [6.07, 6.45) is 1.17. The Labute approximate surface area is 117 Å². The highest BCUT2D eigenvalue weighted by Crippen LogP contribution is 2.24. The molecule has 0 aliphatic rings. The first-order valence-corrected chi connectivity index (χ1v) is 6.98. The van der Waals surface area contributed by atoms with E-state index in [0.717, 1.165) is 0 Å². The molecule has 106 valence electrons. The highest BCUT2D eigenvalue weighted by atomic mass is 16.5. The van der Waals surface area contributed by atoms with Gasteiger partial charge in [-0.25, -0.2) is 0 Å². The van der Waals surface area contributed by atoms with E-state index in [0.29, 0.717) is 25.0 Å². The molecule has 0 unspecified atom stereocenters. The summed E-state index contributed by atoms with van der Waals surface area (Å²) in [5, 5.41) is 9.79. The van der Waals surface area contributed by atoms with Gasteiger partial charge < -0.3 is 9.84 Å². The molecule has 2 nitrogen and oxygen atoms in total. The molecule has 0 bridgehead atoms. The molecule has 0 saturated heterocycles. The van der Waals surface area contributed by atoms with Gasteiger partial charge in [0.1, 0.15) is 0 Å². The predicted octanol–water partition coefficient (Wildman–Crippen LogP) is 3.66. The zero-order chi connectivity index (χ0) is 14.3. The fourth-order valence-electron chi connectivity index (χ4n) is 2.13. The molecule has 2 heteroatoms. The molecule has 0 fully saturated rings. The quantitative estimate of drug-likeness (QED) is 0.724. The Morgan fingerprint density at radius 2 is 1.79 bits per heavy atom. The van der Waals surface area contributed by atoms with E-state index < -0.39 is 6.10 Å². The first-order valence-electron chi connectivity index (χ1n) is 6.98. The Hall–Kier alpha value is -1.12. The molecule has 1 rings (SSSR count). The maximum atomic E-state index is 9.79. The summed E-state index contributed by atoms with van der Waals surface area (Å²) >= 11 is 0. The van der Waals surface area contributed by atoms with Crippen LogP contribution in [0.5, 0.6) is 0 Å². The Bertz CT molecular complexity index is 361. The zero-order valence-electron chi connectivity index (χ0n) is 12.3. The van der Waals surface area contributed by atoms with Crippen molar-refractivity contribution in [2.45, 2.75) is 33.5 Å². The van der Waals surface area contributed by atoms with Crippen LogP contribution < -0.4 is 0 Å². The molecule has 0 aliphatic carbocycles. The van der Waals surface area contributed by atoms with E-state index in [1.54, 1.807) is 6.08 Å². The minimum atomic E-state index is -0.438. The molecule has 0 aliphatic heterocycles. The lowest BCUT2D eigenvalue weighted by atomic mass is 9.82. The smallest absolute Gasteiger partial charge is 0.0746 e. The molecule has 1 aromatic rings. The van der Waals surface area contributed by atoms with Crippen LogP contribution in [0.3, 0.4) is 0 Å². The van der Waals surface area contributed by atoms with Crippen molar-refractivity contribution in [2.75, 3.05) is 6.61 Å². The van der Waals surface area contributed by atoms with Crippen LogP contribution in [0.25, 0.3) is 0 Å². The van der Waals surface area contributed by atoms with Crippen molar-refractivity contribution in [3.8, 4) is 0 Å². The standard InChI is InChI=1S/C17H26O2/c1-5-17(18)15(4)14(3)13(2)11-19-12-16-9-7-6-8-10-16/h5-10,13-15,17-18H,1,11-12H2,2-4H3/t13-,14-,15-,17-/m1/s1. The van der Waals surface area contributed by atoms with E-state index in [9.17, 15) is 5.11 Å². The van der Waals surface area contributed by atoms with Crippen molar-refractivity contribution < 1.29 is 9.84 Å². The van der Waals surface area contributed by atoms with Crippen molar-refractivity contribution in [1.82, 2.24) is 0 Å². The maximum Gasteiger partial charge on any atom is 0.0746 e. The fourth-order valence-corrected chi connectivity index (χ4v) is 2.13. The van der Waals surface area contributed by atoms with Gasteiger partial charge >= 0.3 is 0 Å². The molecular formula is C17H26O2. The van der Waals surface area contributed by atoms with E-state index in [-0.39, 0.29) is 5.92 Å². The number of aliphatic hydroxyl groups is 1. The molecule has 0 spiro atoms. The van der Waals surface area contributed by atoms with Gasteiger partial charge in [0.05, 0.1) is 12.7 Å². The van der Waals surface area contributed by atoms with Gasteiger partial charge in [0.25, 0.3) is 0 Å². The van der Waals surface area contributed by atoms with Crippen molar-refractivity contribution in [1.29, 1.82) is 0 Å². The lowest BCUT2D eigenvalue weighted by Crippen LogP contribution is -2.28. The number of ether oxygens (including phenoxy) is 1. The number of hydrogen-bond acceptors (Lipinski definition) is 2. The van der Waals surface area contributed by atoms with Gasteiger partial charge in [-0.1, -0.05) is 57.2 Å². The van der Waals surface area contributed by atoms with Gasteiger partial charge in [-0.2, -0.15) is 0 Å². The van der Waals surface area contributed by atoms with Gasteiger partial charge in [-0.15, -0.1) is 6.58 Å². The summed E-state index contributed by atoms with van der Waals surface area (Å²) < 4.78 is 5.76. The Morgan fingerprint density at radius 1 is 1.16 bits per heavy atom. The third kappa shape index (κ3) is 5.17. The highest BCUT2D eigenvalue weighted by Gasteiger charge is 2.23. The summed E-state index contributed by atoms with van der Waals surface area (Å²) in [5.41, 5.74) is 1.20. The van der Waals surface area contributed by atoms with E-state index in [2.05, 4.69) is 39.5 Å². The fraction of sp³-hybridized carbons (Fsp3) is 0.529. The normalized spacial score (nSPS) is 17.5. The Kier molecular flexibility index (Phi) is 6.82. The van der Waals surface area contributed by atoms with Crippen LogP contribution >= 0.6 is 0 Å². The second-order valence-corrected chi connectivity index (χ2v) is 5.42. The van der Waals surface area contributed by atoms with E-state index in [1.807, 2.05) is 18.2 Å². The van der Waals surface area contributed by atoms with Gasteiger partial charge in [0.2, 0.25) is 0 Å². The predicted molar refractivity (Wildman–Crippen MR) is 79.8 cm³/mol. The van der Waals surface area contributed by atoms with Crippen molar-refractivity contribution in [3.63, 3.8) is 0 Å². The first-order chi connectivity index (χ1) is 9.06. The van der Waals surface area contributed by atoms with Crippen molar-refractivity contribution >= 4 is 0 Å². The number of hydrogen-bond donors (Lipinski definition) is 1. The topological polar surface area (TPSA) is 29.5 Å². The third-order valence-corrected chi connectivity index (χ3v) is 4.00. The molecule has 4 atom stereocenters. The van der Waals surface area contributed by atoms with Crippen LogP contribution in [0.2, 0.25) is 0 Å². The van der Waals surface area contributed by atoms with Gasteiger partial charge in [-0.3, -0.25) is 0 Å². The van der Waals surface area contributed by atoms with Crippen LogP contribution in [0.1, 0.15) is 26.3 Å². The third-order valence-electron chi connectivity index (χ3n) is 4.00. The zero-order valence-corrected chi connectivity index (χ0v) is 12.3. The van der Waals surface area contributed by atoms with Crippen LogP contribution in [0.4, 0.5) is 0 Å². The molecule has 19 heavy (non-hydrogen) atoms. The summed E-state index contributed by atoms with van der Waals surface area (Å²) in [5.74, 6) is 1.00. The summed E-state index contributed by atoms with van der Waals surface area (Å²) in [7, 11) is 0. The molecule has 0 amide bonds. The molecular weight excluding hydrogens is 236 g/mol. The Morgan fingerprint density at radius 3 is 2.37 bits per heavy atom. The van der Waals surface area contributed by atoms with E-state index >= 15 is 0 Å². The monoisotopic (exact) mass is 262 g/mol. The first kappa shape index (κ1) is 15.9. The minimum absolute atomic E-state index is 0.202. The van der Waals surface area contributed by atoms with E-state index in [4.69, 9.17) is 4.74 Å². The molecule has 0 aromatic heterocycles. The molecule has 1 aromatic carbocycles. The largest absolute Gasteiger partial charge is 0.389 e. The average Bonchev–Trinajstić information content (AvgIpc) is 2.45.